The van der Waals surface area contributed by atoms with E-state index in [1.165, 1.54) is 4.68 Å². The van der Waals surface area contributed by atoms with Gasteiger partial charge < -0.3 is 11.1 Å². The molecule has 9 heteroatoms. The quantitative estimate of drug-likeness (QED) is 0.594. The van der Waals surface area contributed by atoms with Gasteiger partial charge in [-0.1, -0.05) is 60.1 Å². The largest absolute Gasteiger partial charge is 0.384 e. The van der Waals surface area contributed by atoms with Crippen LogP contribution < -0.4 is 11.1 Å². The third kappa shape index (κ3) is 3.61. The number of benzene rings is 2. The maximum Gasteiger partial charge on any atom is 0.173 e. The molecule has 0 bridgehead atoms. The third-order valence-electron chi connectivity index (χ3n) is 5.41. The molecule has 162 valence electrons. The van der Waals surface area contributed by atoms with Gasteiger partial charge in [0, 0.05) is 11.1 Å². The van der Waals surface area contributed by atoms with E-state index in [0.29, 0.717) is 22.5 Å². The van der Waals surface area contributed by atoms with E-state index < -0.39 is 11.8 Å². The van der Waals surface area contributed by atoms with Crippen molar-refractivity contribution in [1.29, 1.82) is 21.0 Å². The molecule has 1 aromatic heterocycles. The van der Waals surface area contributed by atoms with Crippen molar-refractivity contribution >= 4 is 11.6 Å². The van der Waals surface area contributed by atoms with Gasteiger partial charge >= 0.3 is 0 Å². The normalized spacial score (nSPS) is 15.2. The van der Waals surface area contributed by atoms with Crippen LogP contribution in [0.4, 0.5) is 0 Å². The van der Waals surface area contributed by atoms with Crippen LogP contribution in [-0.2, 0) is 0 Å². The number of halogens is 1. The molecule has 34 heavy (non-hydrogen) atoms. The summed E-state index contributed by atoms with van der Waals surface area (Å²) in [5.74, 6) is -2.38. The van der Waals surface area contributed by atoms with Gasteiger partial charge in [-0.25, -0.2) is 4.68 Å². The van der Waals surface area contributed by atoms with Crippen LogP contribution in [0.3, 0.4) is 0 Å². The lowest BCUT2D eigenvalue weighted by atomic mass is 9.80. The minimum atomic E-state index is -1.29. The summed E-state index contributed by atoms with van der Waals surface area (Å²) in [4.78, 5) is 0. The summed E-state index contributed by atoms with van der Waals surface area (Å²) in [5.41, 5.74) is 8.42. The van der Waals surface area contributed by atoms with Crippen molar-refractivity contribution in [3.63, 3.8) is 0 Å². The number of nitriles is 4. The Labute approximate surface area is 200 Å². The first-order valence-corrected chi connectivity index (χ1v) is 10.4. The van der Waals surface area contributed by atoms with E-state index in [1.807, 2.05) is 72.8 Å². The second-order valence-electron chi connectivity index (χ2n) is 7.29. The fourth-order valence-corrected chi connectivity index (χ4v) is 4.21. The zero-order valence-corrected chi connectivity index (χ0v) is 18.3. The van der Waals surface area contributed by atoms with Crippen molar-refractivity contribution in [2.24, 2.45) is 11.7 Å². The molecule has 0 spiro atoms. The molecule has 0 fully saturated rings. The van der Waals surface area contributed by atoms with Crippen LogP contribution in [0.2, 0.25) is 5.15 Å². The maximum absolute atomic E-state index is 10.1. The van der Waals surface area contributed by atoms with Crippen molar-refractivity contribution in [3.05, 3.63) is 94.0 Å². The Morgan fingerprint density at radius 3 is 2.06 bits per heavy atom. The molecule has 0 aliphatic carbocycles. The average molecular weight is 463 g/mol. The van der Waals surface area contributed by atoms with Crippen LogP contribution in [0.15, 0.2) is 83.3 Å². The average Bonchev–Trinajstić information content (AvgIpc) is 3.22. The van der Waals surface area contributed by atoms with Crippen molar-refractivity contribution in [2.75, 3.05) is 0 Å². The van der Waals surface area contributed by atoms with Crippen molar-refractivity contribution in [3.8, 4) is 41.2 Å². The van der Waals surface area contributed by atoms with Gasteiger partial charge in [0.2, 0.25) is 0 Å². The van der Waals surface area contributed by atoms with Gasteiger partial charge in [0.25, 0.3) is 0 Å². The zero-order valence-electron chi connectivity index (χ0n) is 17.6. The van der Waals surface area contributed by atoms with Crippen LogP contribution in [0.1, 0.15) is 11.5 Å². The van der Waals surface area contributed by atoms with Gasteiger partial charge in [0.1, 0.15) is 11.0 Å². The molecule has 1 atom stereocenters. The second-order valence-corrected chi connectivity index (χ2v) is 7.65. The van der Waals surface area contributed by atoms with Crippen molar-refractivity contribution < 1.29 is 0 Å². The molecule has 0 saturated heterocycles. The van der Waals surface area contributed by atoms with E-state index in [1.54, 1.807) is 0 Å². The number of rotatable bonds is 4. The van der Waals surface area contributed by atoms with Gasteiger partial charge in [0.05, 0.1) is 58.4 Å². The van der Waals surface area contributed by atoms with Crippen molar-refractivity contribution in [1.82, 2.24) is 15.1 Å². The lowest BCUT2D eigenvalue weighted by Crippen LogP contribution is -2.33. The number of para-hydroxylation sites is 1. The standard InChI is InChI=1S/C25H15ClN8/c26-24-21(20-18(13-29)22(16(11-27)12-28)32-25(31)19(20)14-30)23(15-7-3-1-4-8-15)33-34(24)17-9-5-2-6-10-17/h1-10,16,20,32H,31H2. The predicted molar refractivity (Wildman–Crippen MR) is 124 cm³/mol. The molecule has 0 radical (unpaired) electrons. The second kappa shape index (κ2) is 9.23. The number of dihydropyridines is 1. The topological polar surface area (TPSA) is 151 Å². The molecule has 8 nitrogen and oxygen atoms in total. The number of hydrogen-bond donors (Lipinski definition) is 2. The predicted octanol–water partition coefficient (Wildman–Crippen LogP) is 4.01. The van der Waals surface area contributed by atoms with Gasteiger partial charge in [-0.05, 0) is 12.1 Å². The molecule has 0 saturated carbocycles. The minimum absolute atomic E-state index is 0.00513. The lowest BCUT2D eigenvalue weighted by Gasteiger charge is -2.27. The van der Waals surface area contributed by atoms with Gasteiger partial charge in [-0.3, -0.25) is 0 Å². The summed E-state index contributed by atoms with van der Waals surface area (Å²) in [6, 6.07) is 26.2. The summed E-state index contributed by atoms with van der Waals surface area (Å²) >= 11 is 6.88. The highest BCUT2D eigenvalue weighted by molar-refractivity contribution is 6.31. The van der Waals surface area contributed by atoms with Gasteiger partial charge in [-0.15, -0.1) is 0 Å². The lowest BCUT2D eigenvalue weighted by molar-refractivity contribution is 0.743. The summed E-state index contributed by atoms with van der Waals surface area (Å²) in [5, 5.41) is 46.6. The number of allylic oxidation sites excluding steroid dienone is 3. The summed E-state index contributed by atoms with van der Waals surface area (Å²) in [6.07, 6.45) is 0. The van der Waals surface area contributed by atoms with E-state index in [9.17, 15) is 21.0 Å². The first kappa shape index (κ1) is 22.2. The molecule has 2 aromatic carbocycles. The number of hydrogen-bond acceptors (Lipinski definition) is 7. The molecule has 1 aliphatic rings. The van der Waals surface area contributed by atoms with Crippen LogP contribution in [-0.4, -0.2) is 9.78 Å². The Morgan fingerprint density at radius 1 is 0.912 bits per heavy atom. The van der Waals surface area contributed by atoms with Gasteiger partial charge in [-0.2, -0.15) is 26.1 Å². The first-order valence-electron chi connectivity index (χ1n) is 10.0. The molecular formula is C25H15ClN8. The van der Waals surface area contributed by atoms with Gasteiger partial charge in [0.15, 0.2) is 5.92 Å². The Kier molecular flexibility index (Phi) is 6.02. The monoisotopic (exact) mass is 462 g/mol. The molecule has 4 rings (SSSR count). The Balaban J connectivity index is 2.09. The van der Waals surface area contributed by atoms with Crippen LogP contribution >= 0.6 is 11.6 Å². The fraction of sp³-hybridized carbons (Fsp3) is 0.0800. The molecule has 2 heterocycles. The molecule has 0 amide bonds. The highest BCUT2D eigenvalue weighted by atomic mass is 35.5. The number of nitrogens with one attached hydrogen (secondary N) is 1. The molecular weight excluding hydrogens is 448 g/mol. The molecule has 1 aliphatic heterocycles. The van der Waals surface area contributed by atoms with E-state index in [-0.39, 0.29) is 27.8 Å². The van der Waals surface area contributed by atoms with E-state index in [0.717, 1.165) is 0 Å². The van der Waals surface area contributed by atoms with Crippen molar-refractivity contribution in [2.45, 2.75) is 5.92 Å². The van der Waals surface area contributed by atoms with E-state index in [2.05, 4.69) is 17.5 Å². The zero-order chi connectivity index (χ0) is 24.2. The molecule has 3 aromatic rings. The molecule has 1 unspecified atom stereocenters. The highest BCUT2D eigenvalue weighted by Gasteiger charge is 2.39. The Bertz CT molecular complexity index is 1470. The van der Waals surface area contributed by atoms with Crippen LogP contribution in [0.5, 0.6) is 0 Å². The summed E-state index contributed by atoms with van der Waals surface area (Å²) < 4.78 is 1.52. The van der Waals surface area contributed by atoms with Crippen LogP contribution in [0.25, 0.3) is 16.9 Å². The number of nitrogens with two attached hydrogens (primary N) is 1. The Hall–Kier alpha value is -5.02. The molecule has 3 N–H and O–H groups in total. The SMILES string of the molecule is N#CC1=C(N)NC(C(C#N)C#N)=C(C#N)C1c1c(-c2ccccc2)nn(-c2ccccc2)c1Cl. The number of nitrogens with zero attached hydrogens (tertiary/aromatic N) is 6. The summed E-state index contributed by atoms with van der Waals surface area (Å²) in [6.45, 7) is 0. The maximum atomic E-state index is 10.1. The number of aromatic nitrogens is 2. The minimum Gasteiger partial charge on any atom is -0.384 e. The smallest absolute Gasteiger partial charge is 0.173 e. The highest BCUT2D eigenvalue weighted by Crippen LogP contribution is 2.45. The first-order chi connectivity index (χ1) is 16.5. The van der Waals surface area contributed by atoms with E-state index >= 15 is 0 Å². The fourth-order valence-electron chi connectivity index (χ4n) is 3.87. The summed E-state index contributed by atoms with van der Waals surface area (Å²) in [7, 11) is 0. The van der Waals surface area contributed by atoms with Crippen LogP contribution in [0, 0.1) is 51.2 Å². The third-order valence-corrected chi connectivity index (χ3v) is 5.78. The van der Waals surface area contributed by atoms with E-state index in [4.69, 9.17) is 22.4 Å². The Morgan fingerprint density at radius 2 is 1.50 bits per heavy atom.